The van der Waals surface area contributed by atoms with Crippen LogP contribution in [0, 0.1) is 0 Å². The second-order valence-corrected chi connectivity index (χ2v) is 7.09. The molecule has 1 aliphatic rings. The van der Waals surface area contributed by atoms with E-state index in [4.69, 9.17) is 9.84 Å². The predicted octanol–water partition coefficient (Wildman–Crippen LogP) is 2.78. The second kappa shape index (κ2) is 8.91. The lowest BCUT2D eigenvalue weighted by Crippen LogP contribution is -2.33. The van der Waals surface area contributed by atoms with E-state index in [1.165, 1.54) is 0 Å². The van der Waals surface area contributed by atoms with Crippen molar-refractivity contribution in [3.63, 3.8) is 0 Å². The highest BCUT2D eigenvalue weighted by Gasteiger charge is 2.30. The van der Waals surface area contributed by atoms with Gasteiger partial charge in [-0.25, -0.2) is 4.98 Å². The summed E-state index contributed by atoms with van der Waals surface area (Å²) in [7, 11) is 0. The van der Waals surface area contributed by atoms with Crippen molar-refractivity contribution in [2.75, 3.05) is 30.3 Å². The van der Waals surface area contributed by atoms with Gasteiger partial charge in [-0.2, -0.15) is 0 Å². The molecular formula is C19H23N3O3S. The molecule has 0 saturated carbocycles. The number of aromatic nitrogens is 1. The number of rotatable bonds is 8. The average molecular weight is 373 g/mol. The molecule has 0 spiro atoms. The third kappa shape index (κ3) is 4.68. The normalized spacial score (nSPS) is 19.3. The molecule has 2 heterocycles. The van der Waals surface area contributed by atoms with Gasteiger partial charge in [0.05, 0.1) is 11.9 Å². The number of carboxylic acid groups (broad SMARTS) is 1. The predicted molar refractivity (Wildman–Crippen MR) is 104 cm³/mol. The highest BCUT2D eigenvalue weighted by Crippen LogP contribution is 2.33. The molecule has 1 saturated heterocycles. The third-order valence-electron chi connectivity index (χ3n) is 4.25. The van der Waals surface area contributed by atoms with Crippen LogP contribution >= 0.6 is 11.8 Å². The van der Waals surface area contributed by atoms with Gasteiger partial charge in [0.1, 0.15) is 24.2 Å². The van der Waals surface area contributed by atoms with Crippen molar-refractivity contribution in [3.8, 4) is 5.75 Å². The summed E-state index contributed by atoms with van der Waals surface area (Å²) in [4.78, 5) is 17.6. The minimum absolute atomic E-state index is 0.0184. The molecule has 0 amide bonds. The smallest absolute Gasteiger partial charge is 0.321 e. The molecule has 1 aromatic carbocycles. The van der Waals surface area contributed by atoms with Crippen LogP contribution in [0.2, 0.25) is 0 Å². The Labute approximate surface area is 157 Å². The number of carboxylic acids is 1. The molecule has 7 heteroatoms. The van der Waals surface area contributed by atoms with E-state index in [0.717, 1.165) is 30.2 Å². The van der Waals surface area contributed by atoms with Gasteiger partial charge in [-0.05, 0) is 36.8 Å². The maximum absolute atomic E-state index is 11.0. The molecule has 0 aliphatic carbocycles. The van der Waals surface area contributed by atoms with Crippen LogP contribution in [-0.4, -0.2) is 47.6 Å². The van der Waals surface area contributed by atoms with Crippen molar-refractivity contribution >= 4 is 23.5 Å². The fourth-order valence-electron chi connectivity index (χ4n) is 2.79. The Balaban J connectivity index is 1.49. The lowest BCUT2D eigenvalue weighted by Gasteiger charge is -2.21. The molecule has 1 fully saturated rings. The summed E-state index contributed by atoms with van der Waals surface area (Å²) in [6.45, 7) is 4.30. The molecule has 2 unspecified atom stereocenters. The van der Waals surface area contributed by atoms with Crippen LogP contribution in [0.3, 0.4) is 0 Å². The molecule has 0 radical (unpaired) electrons. The summed E-state index contributed by atoms with van der Waals surface area (Å²) in [5, 5.41) is 12.2. The van der Waals surface area contributed by atoms with Crippen LogP contribution in [0.1, 0.15) is 17.9 Å². The summed E-state index contributed by atoms with van der Waals surface area (Å²) in [6, 6.07) is 13.2. The Bertz CT molecular complexity index is 712. The Morgan fingerprint density at radius 3 is 2.77 bits per heavy atom. The number of ether oxygens (including phenoxy) is 1. The Kier molecular flexibility index (Phi) is 6.35. The fraction of sp³-hybridized carbons (Fsp3) is 0.368. The summed E-state index contributed by atoms with van der Waals surface area (Å²) in [6.07, 6.45) is 1.79. The minimum Gasteiger partial charge on any atom is -0.492 e. The van der Waals surface area contributed by atoms with Gasteiger partial charge in [0.2, 0.25) is 0 Å². The van der Waals surface area contributed by atoms with Crippen LogP contribution in [-0.2, 0) is 4.79 Å². The van der Waals surface area contributed by atoms with Crippen LogP contribution in [0.4, 0.5) is 5.82 Å². The van der Waals surface area contributed by atoms with E-state index in [1.54, 1.807) is 18.0 Å². The van der Waals surface area contributed by atoms with Gasteiger partial charge in [-0.15, -0.1) is 11.8 Å². The number of hydrogen-bond acceptors (Lipinski definition) is 6. The molecule has 138 valence electrons. The van der Waals surface area contributed by atoms with Gasteiger partial charge >= 0.3 is 5.97 Å². The van der Waals surface area contributed by atoms with Crippen molar-refractivity contribution in [1.82, 2.24) is 10.3 Å². The number of benzene rings is 1. The van der Waals surface area contributed by atoms with Crippen molar-refractivity contribution in [3.05, 3.63) is 54.2 Å². The van der Waals surface area contributed by atoms with E-state index < -0.39 is 12.0 Å². The number of anilines is 1. The molecule has 2 N–H and O–H groups in total. The van der Waals surface area contributed by atoms with Crippen LogP contribution < -0.4 is 15.0 Å². The van der Waals surface area contributed by atoms with Gasteiger partial charge in [0.15, 0.2) is 0 Å². The lowest BCUT2D eigenvalue weighted by atomic mass is 10.2. The van der Waals surface area contributed by atoms with E-state index >= 15 is 0 Å². The van der Waals surface area contributed by atoms with Crippen molar-refractivity contribution in [2.45, 2.75) is 18.3 Å². The molecule has 1 aliphatic heterocycles. The maximum Gasteiger partial charge on any atom is 0.321 e. The molecule has 0 bridgehead atoms. The fourth-order valence-corrected chi connectivity index (χ4v) is 4.03. The first-order valence-corrected chi connectivity index (χ1v) is 9.71. The van der Waals surface area contributed by atoms with Gasteiger partial charge in [0, 0.05) is 18.5 Å². The van der Waals surface area contributed by atoms with E-state index in [9.17, 15) is 4.79 Å². The summed E-state index contributed by atoms with van der Waals surface area (Å²) in [5.74, 6) is 1.54. The Morgan fingerprint density at radius 2 is 2.15 bits per heavy atom. The number of aliphatic carboxylic acids is 1. The third-order valence-corrected chi connectivity index (χ3v) is 5.52. The summed E-state index contributed by atoms with van der Waals surface area (Å²) in [5.41, 5.74) is 1.06. The highest BCUT2D eigenvalue weighted by molar-refractivity contribution is 7.99. The number of nitrogens with zero attached hydrogens (tertiary/aromatic N) is 2. The van der Waals surface area contributed by atoms with Crippen molar-refractivity contribution < 1.29 is 14.6 Å². The van der Waals surface area contributed by atoms with Gasteiger partial charge in [-0.1, -0.05) is 18.2 Å². The van der Waals surface area contributed by atoms with Crippen LogP contribution in [0.15, 0.2) is 48.7 Å². The zero-order valence-electron chi connectivity index (χ0n) is 14.7. The number of thioether (sulfide) groups is 1. The Hall–Kier alpha value is -2.25. The SMILES string of the molecule is CCN(CCOc1ccc(C2NC(C(=O)O)CS2)cc1)c1ccccn1. The maximum atomic E-state index is 11.0. The topological polar surface area (TPSA) is 74.7 Å². The number of hydrogen-bond donors (Lipinski definition) is 2. The van der Waals surface area contributed by atoms with Crippen molar-refractivity contribution in [1.29, 1.82) is 0 Å². The first-order chi connectivity index (χ1) is 12.7. The van der Waals surface area contributed by atoms with E-state index in [1.807, 2.05) is 42.5 Å². The second-order valence-electron chi connectivity index (χ2n) is 5.96. The number of nitrogens with one attached hydrogen (secondary N) is 1. The Morgan fingerprint density at radius 1 is 1.35 bits per heavy atom. The zero-order chi connectivity index (χ0) is 18.4. The summed E-state index contributed by atoms with van der Waals surface area (Å²) >= 11 is 1.61. The monoisotopic (exact) mass is 373 g/mol. The van der Waals surface area contributed by atoms with Gasteiger partial charge in [-0.3, -0.25) is 10.1 Å². The van der Waals surface area contributed by atoms with E-state index in [-0.39, 0.29) is 5.37 Å². The number of carbonyl (C=O) groups is 1. The molecule has 2 aromatic rings. The van der Waals surface area contributed by atoms with E-state index in [0.29, 0.717) is 12.4 Å². The average Bonchev–Trinajstić information content (AvgIpc) is 3.17. The number of likely N-dealkylation sites (N-methyl/N-ethyl adjacent to an activating group) is 1. The first kappa shape index (κ1) is 18.5. The zero-order valence-corrected chi connectivity index (χ0v) is 15.5. The molecular weight excluding hydrogens is 350 g/mol. The molecule has 1 aromatic heterocycles. The van der Waals surface area contributed by atoms with Crippen LogP contribution in [0.25, 0.3) is 0 Å². The number of pyridine rings is 1. The summed E-state index contributed by atoms with van der Waals surface area (Å²) < 4.78 is 5.85. The molecule has 3 rings (SSSR count). The largest absolute Gasteiger partial charge is 0.492 e. The minimum atomic E-state index is -0.798. The molecule has 2 atom stereocenters. The van der Waals surface area contributed by atoms with Crippen molar-refractivity contribution in [2.24, 2.45) is 0 Å². The lowest BCUT2D eigenvalue weighted by molar-refractivity contribution is -0.138. The van der Waals surface area contributed by atoms with Crippen LogP contribution in [0.5, 0.6) is 5.75 Å². The quantitative estimate of drug-likeness (QED) is 0.737. The first-order valence-electron chi connectivity index (χ1n) is 8.66. The highest BCUT2D eigenvalue weighted by atomic mass is 32.2. The van der Waals surface area contributed by atoms with E-state index in [2.05, 4.69) is 22.1 Å². The standard InChI is InChI=1S/C19H23N3O3S/c1-2-22(17-5-3-4-10-20-17)11-12-25-15-8-6-14(7-9-15)18-21-16(13-26-18)19(23)24/h3-10,16,18,21H,2,11-13H2,1H3,(H,23,24). The van der Waals surface area contributed by atoms with Gasteiger partial charge in [0.25, 0.3) is 0 Å². The van der Waals surface area contributed by atoms with Gasteiger partial charge < -0.3 is 14.7 Å². The molecule has 6 nitrogen and oxygen atoms in total. The molecule has 26 heavy (non-hydrogen) atoms.